The topological polar surface area (TPSA) is 46.1 Å². The van der Waals surface area contributed by atoms with Crippen molar-refractivity contribution in [3.8, 4) is 0 Å². The summed E-state index contributed by atoms with van der Waals surface area (Å²) in [4.78, 5) is 23.5. The summed E-state index contributed by atoms with van der Waals surface area (Å²) < 4.78 is 14.8. The van der Waals surface area contributed by atoms with E-state index >= 15 is 0 Å². The van der Waals surface area contributed by atoms with Crippen molar-refractivity contribution in [1.29, 1.82) is 0 Å². The highest BCUT2D eigenvalue weighted by Gasteiger charge is 2.23. The molecule has 0 spiro atoms. The lowest BCUT2D eigenvalue weighted by molar-refractivity contribution is 0.0985. The summed E-state index contributed by atoms with van der Waals surface area (Å²) in [5.74, 6) is -0.564. The van der Waals surface area contributed by atoms with Crippen LogP contribution in [0.3, 0.4) is 0 Å². The summed E-state index contributed by atoms with van der Waals surface area (Å²) in [7, 11) is 0. The van der Waals surface area contributed by atoms with Crippen molar-refractivity contribution in [2.75, 3.05) is 4.90 Å². The number of amides is 1. The van der Waals surface area contributed by atoms with Gasteiger partial charge < -0.3 is 0 Å². The summed E-state index contributed by atoms with van der Waals surface area (Å²) >= 11 is 1.30. The predicted octanol–water partition coefficient (Wildman–Crippen LogP) is 5.29. The molecule has 2 heterocycles. The number of rotatable bonds is 4. The van der Waals surface area contributed by atoms with Gasteiger partial charge in [0.15, 0.2) is 5.13 Å². The van der Waals surface area contributed by atoms with Crippen molar-refractivity contribution in [2.24, 2.45) is 0 Å². The third-order valence-corrected chi connectivity index (χ3v) is 5.70. The third kappa shape index (κ3) is 3.51. The van der Waals surface area contributed by atoms with Crippen LogP contribution in [0.15, 0.2) is 60.9 Å². The molecular formula is C22H18FN3OS. The SMILES string of the molecule is Cc1ccc(C(=O)N(Cc2cccnc2)c2nc3c(F)cccc3s2)cc1C. The Morgan fingerprint density at radius 2 is 1.96 bits per heavy atom. The minimum Gasteiger partial charge on any atom is -0.279 e. The molecule has 1 amide bonds. The zero-order valence-electron chi connectivity index (χ0n) is 15.5. The maximum Gasteiger partial charge on any atom is 0.260 e. The number of carbonyl (C=O) groups is 1. The van der Waals surface area contributed by atoms with Gasteiger partial charge in [-0.3, -0.25) is 14.7 Å². The quantitative estimate of drug-likeness (QED) is 0.475. The van der Waals surface area contributed by atoms with Crippen molar-refractivity contribution in [2.45, 2.75) is 20.4 Å². The van der Waals surface area contributed by atoms with Gasteiger partial charge in [0, 0.05) is 18.0 Å². The summed E-state index contributed by atoms with van der Waals surface area (Å²) in [6.07, 6.45) is 3.40. The van der Waals surface area contributed by atoms with Crippen LogP contribution in [0.4, 0.5) is 9.52 Å². The van der Waals surface area contributed by atoms with E-state index in [2.05, 4.69) is 9.97 Å². The first-order valence-electron chi connectivity index (χ1n) is 8.86. The Bertz CT molecular complexity index is 1160. The highest BCUT2D eigenvalue weighted by molar-refractivity contribution is 7.22. The number of fused-ring (bicyclic) bond motifs is 1. The number of carbonyl (C=O) groups excluding carboxylic acids is 1. The van der Waals surface area contributed by atoms with Crippen molar-refractivity contribution in [3.05, 3.63) is 89.0 Å². The number of hydrogen-bond acceptors (Lipinski definition) is 4. The van der Waals surface area contributed by atoms with Gasteiger partial charge in [-0.15, -0.1) is 0 Å². The number of halogens is 1. The van der Waals surface area contributed by atoms with Crippen molar-refractivity contribution < 1.29 is 9.18 Å². The van der Waals surface area contributed by atoms with E-state index in [9.17, 15) is 9.18 Å². The lowest BCUT2D eigenvalue weighted by atomic mass is 10.1. The minimum absolute atomic E-state index is 0.175. The number of aryl methyl sites for hydroxylation is 2. The summed E-state index contributed by atoms with van der Waals surface area (Å²) in [5.41, 5.74) is 3.90. The minimum atomic E-state index is -0.389. The van der Waals surface area contributed by atoms with Crippen LogP contribution in [0, 0.1) is 19.7 Å². The fourth-order valence-corrected chi connectivity index (χ4v) is 3.93. The molecule has 4 nitrogen and oxygen atoms in total. The summed E-state index contributed by atoms with van der Waals surface area (Å²) in [5, 5.41) is 0.465. The molecule has 0 aliphatic carbocycles. The molecular weight excluding hydrogens is 373 g/mol. The first-order chi connectivity index (χ1) is 13.5. The fraction of sp³-hybridized carbons (Fsp3) is 0.136. The zero-order valence-corrected chi connectivity index (χ0v) is 16.3. The van der Waals surface area contributed by atoms with Gasteiger partial charge in [-0.05, 0) is 60.9 Å². The second-order valence-electron chi connectivity index (χ2n) is 6.63. The van der Waals surface area contributed by atoms with Gasteiger partial charge in [0.2, 0.25) is 0 Å². The Balaban J connectivity index is 1.79. The molecule has 0 saturated heterocycles. The van der Waals surface area contributed by atoms with Gasteiger partial charge in [-0.1, -0.05) is 29.5 Å². The predicted molar refractivity (Wildman–Crippen MR) is 110 cm³/mol. The van der Waals surface area contributed by atoms with E-state index in [0.29, 0.717) is 21.9 Å². The zero-order chi connectivity index (χ0) is 19.7. The van der Waals surface area contributed by atoms with Crippen LogP contribution in [0.5, 0.6) is 0 Å². The third-order valence-electron chi connectivity index (χ3n) is 4.65. The average molecular weight is 391 g/mol. The first-order valence-corrected chi connectivity index (χ1v) is 9.67. The standard InChI is InChI=1S/C22H18FN3OS/c1-14-8-9-17(11-15(14)2)21(27)26(13-16-5-4-10-24-12-16)22-25-20-18(23)6-3-7-19(20)28-22/h3-12H,13H2,1-2H3. The van der Waals surface area contributed by atoms with Crippen LogP contribution in [0.25, 0.3) is 10.2 Å². The molecule has 6 heteroatoms. The Morgan fingerprint density at radius 3 is 2.68 bits per heavy atom. The molecule has 0 aliphatic heterocycles. The van der Waals surface area contributed by atoms with E-state index in [-0.39, 0.29) is 17.2 Å². The number of thiazole rings is 1. The molecule has 0 radical (unpaired) electrons. The Labute approximate surface area is 166 Å². The van der Waals surface area contributed by atoms with Crippen molar-refractivity contribution in [1.82, 2.24) is 9.97 Å². The largest absolute Gasteiger partial charge is 0.279 e. The van der Waals surface area contributed by atoms with E-state index in [1.807, 2.05) is 50.2 Å². The van der Waals surface area contributed by atoms with E-state index in [0.717, 1.165) is 16.7 Å². The Kier molecular flexibility index (Phi) is 4.88. The average Bonchev–Trinajstić information content (AvgIpc) is 3.14. The molecule has 0 saturated carbocycles. The van der Waals surface area contributed by atoms with E-state index in [4.69, 9.17) is 0 Å². The highest BCUT2D eigenvalue weighted by Crippen LogP contribution is 2.32. The van der Waals surface area contributed by atoms with E-state index in [1.54, 1.807) is 23.4 Å². The number of para-hydroxylation sites is 1. The maximum atomic E-state index is 14.1. The number of hydrogen-bond donors (Lipinski definition) is 0. The maximum absolute atomic E-state index is 14.1. The van der Waals surface area contributed by atoms with E-state index in [1.165, 1.54) is 17.4 Å². The van der Waals surface area contributed by atoms with Crippen molar-refractivity contribution >= 4 is 32.6 Å². The molecule has 0 aliphatic rings. The number of nitrogens with zero attached hydrogens (tertiary/aromatic N) is 3. The molecule has 4 rings (SSSR count). The molecule has 28 heavy (non-hydrogen) atoms. The highest BCUT2D eigenvalue weighted by atomic mass is 32.1. The molecule has 0 fully saturated rings. The molecule has 4 aromatic rings. The van der Waals surface area contributed by atoms with Gasteiger partial charge in [-0.2, -0.15) is 0 Å². The van der Waals surface area contributed by atoms with Gasteiger partial charge in [-0.25, -0.2) is 9.37 Å². The molecule has 0 N–H and O–H groups in total. The van der Waals surface area contributed by atoms with Gasteiger partial charge in [0.1, 0.15) is 11.3 Å². The van der Waals surface area contributed by atoms with Gasteiger partial charge in [0.25, 0.3) is 5.91 Å². The normalized spacial score (nSPS) is 11.0. The van der Waals surface area contributed by atoms with Crippen LogP contribution in [0.2, 0.25) is 0 Å². The molecule has 2 aromatic heterocycles. The second-order valence-corrected chi connectivity index (χ2v) is 7.64. The molecule has 140 valence electrons. The lowest BCUT2D eigenvalue weighted by Gasteiger charge is -2.20. The number of aromatic nitrogens is 2. The number of benzene rings is 2. The Hall–Kier alpha value is -3.12. The molecule has 0 unspecified atom stereocenters. The summed E-state index contributed by atoms with van der Waals surface area (Å²) in [6.45, 7) is 4.29. The lowest BCUT2D eigenvalue weighted by Crippen LogP contribution is -2.30. The summed E-state index contributed by atoms with van der Waals surface area (Å²) in [6, 6.07) is 14.2. The first kappa shape index (κ1) is 18.3. The molecule has 0 bridgehead atoms. The van der Waals surface area contributed by atoms with Gasteiger partial charge >= 0.3 is 0 Å². The van der Waals surface area contributed by atoms with E-state index < -0.39 is 0 Å². The van der Waals surface area contributed by atoms with Crippen LogP contribution in [0.1, 0.15) is 27.0 Å². The monoisotopic (exact) mass is 391 g/mol. The van der Waals surface area contributed by atoms with Crippen LogP contribution in [-0.4, -0.2) is 15.9 Å². The van der Waals surface area contributed by atoms with Gasteiger partial charge in [0.05, 0.1) is 11.2 Å². The smallest absolute Gasteiger partial charge is 0.260 e. The number of pyridine rings is 1. The molecule has 2 aromatic carbocycles. The Morgan fingerprint density at radius 1 is 1.11 bits per heavy atom. The molecule has 0 atom stereocenters. The van der Waals surface area contributed by atoms with Crippen LogP contribution in [-0.2, 0) is 6.54 Å². The van der Waals surface area contributed by atoms with Crippen LogP contribution < -0.4 is 4.90 Å². The second kappa shape index (κ2) is 7.48. The number of anilines is 1. The van der Waals surface area contributed by atoms with Crippen molar-refractivity contribution in [3.63, 3.8) is 0 Å². The fourth-order valence-electron chi connectivity index (χ4n) is 2.95. The van der Waals surface area contributed by atoms with Crippen LogP contribution >= 0.6 is 11.3 Å².